The van der Waals surface area contributed by atoms with Crippen LogP contribution < -0.4 is 0 Å². The Morgan fingerprint density at radius 1 is 1.50 bits per heavy atom. The number of piperidine rings is 1. The zero-order chi connectivity index (χ0) is 9.97. The van der Waals surface area contributed by atoms with Crippen molar-refractivity contribution in [2.24, 2.45) is 9.98 Å². The molecule has 0 aliphatic carbocycles. The standard InChI is InChI=1S/C9H13N3O2/c13-7-2-1-5-12(6-7)8-9(14)11-4-3-10-8/h3-4,7-8,13H,1-2,5-6H2. The van der Waals surface area contributed by atoms with Crippen molar-refractivity contribution >= 4 is 18.3 Å². The van der Waals surface area contributed by atoms with Crippen LogP contribution in [0.2, 0.25) is 0 Å². The van der Waals surface area contributed by atoms with Crippen molar-refractivity contribution in [3.63, 3.8) is 0 Å². The topological polar surface area (TPSA) is 65.3 Å². The molecule has 1 saturated heterocycles. The summed E-state index contributed by atoms with van der Waals surface area (Å²) >= 11 is 0. The van der Waals surface area contributed by atoms with Gasteiger partial charge in [0.05, 0.1) is 6.10 Å². The van der Waals surface area contributed by atoms with Crippen LogP contribution in [0.3, 0.4) is 0 Å². The van der Waals surface area contributed by atoms with E-state index < -0.39 is 6.17 Å². The van der Waals surface area contributed by atoms with E-state index in [4.69, 9.17) is 0 Å². The van der Waals surface area contributed by atoms with Crippen molar-refractivity contribution in [1.29, 1.82) is 0 Å². The molecule has 0 aromatic rings. The minimum Gasteiger partial charge on any atom is -0.392 e. The number of aliphatic hydroxyl groups is 1. The Balaban J connectivity index is 2.03. The minimum atomic E-state index is -0.505. The average molecular weight is 195 g/mol. The minimum absolute atomic E-state index is 0.235. The fourth-order valence-corrected chi connectivity index (χ4v) is 1.81. The van der Waals surface area contributed by atoms with Gasteiger partial charge in [0.2, 0.25) is 0 Å². The molecule has 0 radical (unpaired) electrons. The van der Waals surface area contributed by atoms with Gasteiger partial charge in [0, 0.05) is 25.5 Å². The van der Waals surface area contributed by atoms with Gasteiger partial charge in [-0.05, 0) is 12.8 Å². The number of rotatable bonds is 1. The summed E-state index contributed by atoms with van der Waals surface area (Å²) in [6.45, 7) is 1.32. The predicted molar refractivity (Wildman–Crippen MR) is 52.6 cm³/mol. The molecule has 2 aliphatic rings. The Bertz CT molecular complexity index is 288. The van der Waals surface area contributed by atoms with Crippen molar-refractivity contribution in [1.82, 2.24) is 4.90 Å². The van der Waals surface area contributed by atoms with Gasteiger partial charge < -0.3 is 5.11 Å². The highest BCUT2D eigenvalue weighted by Crippen LogP contribution is 2.15. The van der Waals surface area contributed by atoms with Crippen molar-refractivity contribution in [2.45, 2.75) is 25.1 Å². The summed E-state index contributed by atoms with van der Waals surface area (Å²) in [4.78, 5) is 21.0. The van der Waals surface area contributed by atoms with Crippen LogP contribution in [0.1, 0.15) is 12.8 Å². The SMILES string of the molecule is O=C1N=CC=NC1N1CCCC(O)C1. The van der Waals surface area contributed by atoms with Crippen molar-refractivity contribution in [3.8, 4) is 0 Å². The summed E-state index contributed by atoms with van der Waals surface area (Å²) in [6, 6.07) is 0. The van der Waals surface area contributed by atoms with Crippen LogP contribution in [0, 0.1) is 0 Å². The van der Waals surface area contributed by atoms with E-state index in [9.17, 15) is 9.90 Å². The van der Waals surface area contributed by atoms with Gasteiger partial charge in [-0.2, -0.15) is 0 Å². The van der Waals surface area contributed by atoms with Gasteiger partial charge in [0.25, 0.3) is 5.91 Å². The maximum absolute atomic E-state index is 11.4. The first-order chi connectivity index (χ1) is 6.77. The predicted octanol–water partition coefficient (Wildman–Crippen LogP) is -0.549. The van der Waals surface area contributed by atoms with E-state index in [2.05, 4.69) is 9.98 Å². The summed E-state index contributed by atoms with van der Waals surface area (Å²) in [5, 5.41) is 9.45. The maximum atomic E-state index is 11.4. The van der Waals surface area contributed by atoms with Crippen LogP contribution in [-0.2, 0) is 4.79 Å². The molecule has 0 spiro atoms. The van der Waals surface area contributed by atoms with Gasteiger partial charge in [-0.3, -0.25) is 14.7 Å². The number of likely N-dealkylation sites (tertiary alicyclic amines) is 1. The van der Waals surface area contributed by atoms with E-state index in [1.807, 2.05) is 4.90 Å². The fourth-order valence-electron chi connectivity index (χ4n) is 1.81. The van der Waals surface area contributed by atoms with Gasteiger partial charge in [0.1, 0.15) is 0 Å². The first kappa shape index (κ1) is 9.48. The summed E-state index contributed by atoms with van der Waals surface area (Å²) in [5.74, 6) is -0.235. The molecule has 2 aliphatic heterocycles. The zero-order valence-electron chi connectivity index (χ0n) is 7.83. The smallest absolute Gasteiger partial charge is 0.285 e. The summed E-state index contributed by atoms with van der Waals surface area (Å²) in [5.41, 5.74) is 0. The highest BCUT2D eigenvalue weighted by molar-refractivity contribution is 6.21. The highest BCUT2D eigenvalue weighted by atomic mass is 16.3. The van der Waals surface area contributed by atoms with E-state index in [-0.39, 0.29) is 12.0 Å². The lowest BCUT2D eigenvalue weighted by Crippen LogP contribution is -2.47. The maximum Gasteiger partial charge on any atom is 0.285 e. The fraction of sp³-hybridized carbons (Fsp3) is 0.667. The number of hydrogen-bond acceptors (Lipinski definition) is 4. The summed E-state index contributed by atoms with van der Waals surface area (Å²) in [6.07, 6.45) is 3.81. The Kier molecular flexibility index (Phi) is 2.69. The van der Waals surface area contributed by atoms with Gasteiger partial charge in [-0.1, -0.05) is 0 Å². The molecule has 2 rings (SSSR count). The Hall–Kier alpha value is -1.07. The van der Waals surface area contributed by atoms with Crippen molar-refractivity contribution in [2.75, 3.05) is 13.1 Å². The van der Waals surface area contributed by atoms with Crippen LogP contribution in [-0.4, -0.2) is 53.7 Å². The second kappa shape index (κ2) is 3.98. The monoisotopic (exact) mass is 195 g/mol. The molecule has 76 valence electrons. The lowest BCUT2D eigenvalue weighted by atomic mass is 10.1. The number of aliphatic imine (C=N–C) groups is 2. The molecule has 0 bridgehead atoms. The lowest BCUT2D eigenvalue weighted by molar-refractivity contribution is -0.123. The van der Waals surface area contributed by atoms with Crippen LogP contribution >= 0.6 is 0 Å². The van der Waals surface area contributed by atoms with Gasteiger partial charge in [-0.15, -0.1) is 0 Å². The molecular weight excluding hydrogens is 182 g/mol. The molecule has 5 nitrogen and oxygen atoms in total. The van der Waals surface area contributed by atoms with Crippen molar-refractivity contribution in [3.05, 3.63) is 0 Å². The normalized spacial score (nSPS) is 33.6. The van der Waals surface area contributed by atoms with Gasteiger partial charge >= 0.3 is 0 Å². The molecule has 0 aromatic carbocycles. The number of aliphatic hydroxyl groups excluding tert-OH is 1. The third-order valence-corrected chi connectivity index (χ3v) is 2.49. The van der Waals surface area contributed by atoms with E-state index in [0.717, 1.165) is 19.4 Å². The largest absolute Gasteiger partial charge is 0.392 e. The second-order valence-corrected chi connectivity index (χ2v) is 3.58. The molecule has 14 heavy (non-hydrogen) atoms. The Morgan fingerprint density at radius 3 is 3.07 bits per heavy atom. The number of carbonyl (C=O) groups excluding carboxylic acids is 1. The first-order valence-electron chi connectivity index (χ1n) is 4.79. The molecule has 2 heterocycles. The Morgan fingerprint density at radius 2 is 2.36 bits per heavy atom. The number of nitrogens with zero attached hydrogens (tertiary/aromatic N) is 3. The zero-order valence-corrected chi connectivity index (χ0v) is 7.83. The van der Waals surface area contributed by atoms with Gasteiger partial charge in [0.15, 0.2) is 6.17 Å². The van der Waals surface area contributed by atoms with Crippen molar-refractivity contribution < 1.29 is 9.90 Å². The molecule has 5 heteroatoms. The third-order valence-electron chi connectivity index (χ3n) is 2.49. The average Bonchev–Trinajstić information content (AvgIpc) is 2.18. The van der Waals surface area contributed by atoms with E-state index in [0.29, 0.717) is 6.54 Å². The van der Waals surface area contributed by atoms with E-state index >= 15 is 0 Å². The highest BCUT2D eigenvalue weighted by Gasteiger charge is 2.29. The number of amides is 1. The molecular formula is C9H13N3O2. The molecule has 1 amide bonds. The second-order valence-electron chi connectivity index (χ2n) is 3.58. The number of hydrogen-bond donors (Lipinski definition) is 1. The molecule has 0 saturated carbocycles. The number of β-amino-alcohol motifs (C(OH)–C–C–N with tert-alkyl or cyclic N) is 1. The number of carbonyl (C=O) groups is 1. The first-order valence-corrected chi connectivity index (χ1v) is 4.79. The van der Waals surface area contributed by atoms with E-state index in [1.54, 1.807) is 0 Å². The summed E-state index contributed by atoms with van der Waals surface area (Å²) < 4.78 is 0. The molecule has 2 atom stereocenters. The quantitative estimate of drug-likeness (QED) is 0.610. The Labute approximate surface area is 82.2 Å². The van der Waals surface area contributed by atoms with Crippen LogP contribution in [0.5, 0.6) is 0 Å². The third kappa shape index (κ3) is 1.88. The summed E-state index contributed by atoms with van der Waals surface area (Å²) in [7, 11) is 0. The molecule has 1 fully saturated rings. The van der Waals surface area contributed by atoms with Gasteiger partial charge in [-0.25, -0.2) is 4.99 Å². The molecule has 0 aromatic heterocycles. The molecule has 1 N–H and O–H groups in total. The van der Waals surface area contributed by atoms with Crippen LogP contribution in [0.25, 0.3) is 0 Å². The van der Waals surface area contributed by atoms with Crippen LogP contribution in [0.4, 0.5) is 0 Å². The lowest BCUT2D eigenvalue weighted by Gasteiger charge is -2.33. The van der Waals surface area contributed by atoms with E-state index in [1.165, 1.54) is 12.4 Å². The van der Waals surface area contributed by atoms with Crippen LogP contribution in [0.15, 0.2) is 9.98 Å². The molecule has 2 unspecified atom stereocenters.